The molecule has 2 saturated carbocycles. The Kier molecular flexibility index (Phi) is 1.70. The number of rotatable bonds is 3. The molecule has 2 fully saturated rings. The van der Waals surface area contributed by atoms with E-state index in [1.807, 2.05) is 6.92 Å². The quantitative estimate of drug-likeness (QED) is 0.720. The third-order valence-corrected chi connectivity index (χ3v) is 7.66. The molecular formula is C10H14NO2P. The maximum absolute atomic E-state index is 12.9. The minimum Gasteiger partial charge on any atom is -0.364 e. The fraction of sp³-hybridized carbons (Fsp3) is 0.700. The van der Waals surface area contributed by atoms with Crippen molar-refractivity contribution >= 4 is 12.4 Å². The van der Waals surface area contributed by atoms with Gasteiger partial charge in [0.1, 0.15) is 13.4 Å². The highest BCUT2D eigenvalue weighted by Crippen LogP contribution is 2.69. The van der Waals surface area contributed by atoms with Crippen LogP contribution in [0.25, 0.3) is 0 Å². The molecule has 0 aromatic carbocycles. The lowest BCUT2D eigenvalue weighted by atomic mass is 10.5. The zero-order chi connectivity index (χ0) is 9.76. The number of hydrogen-bond donors (Lipinski definition) is 0. The van der Waals surface area contributed by atoms with Gasteiger partial charge in [0.25, 0.3) is 0 Å². The Morgan fingerprint density at radius 2 is 1.93 bits per heavy atom. The molecule has 1 aromatic rings. The van der Waals surface area contributed by atoms with Crippen LogP contribution in [0.15, 0.2) is 10.8 Å². The summed E-state index contributed by atoms with van der Waals surface area (Å²) in [5, 5.41) is 4.79. The van der Waals surface area contributed by atoms with Gasteiger partial charge in [-0.15, -0.1) is 0 Å². The van der Waals surface area contributed by atoms with Crippen LogP contribution >= 0.6 is 7.14 Å². The Hall–Kier alpha value is -0.560. The molecule has 0 N–H and O–H groups in total. The van der Waals surface area contributed by atoms with Crippen molar-refractivity contribution in [3.05, 3.63) is 12.0 Å². The highest BCUT2D eigenvalue weighted by Gasteiger charge is 2.53. The van der Waals surface area contributed by atoms with E-state index in [9.17, 15) is 4.57 Å². The summed E-state index contributed by atoms with van der Waals surface area (Å²) in [5.74, 6) is 0. The molecule has 0 aliphatic heterocycles. The van der Waals surface area contributed by atoms with Crippen LogP contribution in [0.5, 0.6) is 0 Å². The Morgan fingerprint density at radius 1 is 1.36 bits per heavy atom. The summed E-state index contributed by atoms with van der Waals surface area (Å²) in [4.78, 5) is 0. The topological polar surface area (TPSA) is 43.1 Å². The number of nitrogens with zero attached hydrogens (tertiary/aromatic N) is 1. The van der Waals surface area contributed by atoms with Crippen molar-refractivity contribution in [2.75, 3.05) is 0 Å². The highest BCUT2D eigenvalue weighted by atomic mass is 31.2. The third-order valence-electron chi connectivity index (χ3n) is 3.28. The van der Waals surface area contributed by atoms with Crippen LogP contribution in [-0.4, -0.2) is 16.5 Å². The van der Waals surface area contributed by atoms with Gasteiger partial charge in [-0.1, -0.05) is 5.16 Å². The largest absolute Gasteiger partial charge is 0.364 e. The van der Waals surface area contributed by atoms with E-state index in [4.69, 9.17) is 4.52 Å². The molecule has 76 valence electrons. The summed E-state index contributed by atoms with van der Waals surface area (Å²) >= 11 is 0. The second-order valence-electron chi connectivity index (χ2n) is 4.46. The molecular weight excluding hydrogens is 197 g/mol. The van der Waals surface area contributed by atoms with Crippen molar-refractivity contribution in [2.24, 2.45) is 0 Å². The molecule has 0 amide bonds. The third kappa shape index (κ3) is 1.12. The Bertz CT molecular complexity index is 388. The summed E-state index contributed by atoms with van der Waals surface area (Å²) in [5.41, 5.74) is 1.74. The second-order valence-corrected chi connectivity index (χ2v) is 7.82. The molecule has 3 nitrogen and oxygen atoms in total. The van der Waals surface area contributed by atoms with Gasteiger partial charge in [0.2, 0.25) is 0 Å². The van der Waals surface area contributed by atoms with Crippen molar-refractivity contribution < 1.29 is 9.09 Å². The minimum atomic E-state index is -2.14. The molecule has 0 unspecified atom stereocenters. The number of aromatic nitrogens is 1. The molecule has 0 atom stereocenters. The predicted octanol–water partition coefficient (Wildman–Crippen LogP) is 2.30. The number of aryl methyl sites for hydroxylation is 1. The average molecular weight is 211 g/mol. The van der Waals surface area contributed by atoms with E-state index >= 15 is 0 Å². The summed E-state index contributed by atoms with van der Waals surface area (Å²) in [7, 11) is -2.14. The second kappa shape index (κ2) is 2.73. The van der Waals surface area contributed by atoms with E-state index in [1.54, 1.807) is 6.26 Å². The van der Waals surface area contributed by atoms with Crippen molar-refractivity contribution in [1.82, 2.24) is 5.16 Å². The highest BCUT2D eigenvalue weighted by molar-refractivity contribution is 7.73. The van der Waals surface area contributed by atoms with E-state index in [0.717, 1.165) is 36.7 Å². The lowest BCUT2D eigenvalue weighted by molar-refractivity contribution is 0.415. The smallest absolute Gasteiger partial charge is 0.134 e. The molecule has 0 spiro atoms. The van der Waals surface area contributed by atoms with Gasteiger partial charge in [0.15, 0.2) is 0 Å². The fourth-order valence-corrected chi connectivity index (χ4v) is 6.20. The Balaban J connectivity index is 2.07. The summed E-state index contributed by atoms with van der Waals surface area (Å²) in [6, 6.07) is 0. The first-order valence-corrected chi connectivity index (χ1v) is 7.08. The van der Waals surface area contributed by atoms with Crippen LogP contribution in [0.4, 0.5) is 0 Å². The van der Waals surface area contributed by atoms with Crippen LogP contribution in [0.1, 0.15) is 31.4 Å². The molecule has 1 heterocycles. The maximum Gasteiger partial charge on any atom is 0.134 e. The molecule has 1 aromatic heterocycles. The summed E-state index contributed by atoms with van der Waals surface area (Å²) in [6.45, 7) is 1.90. The normalized spacial score (nSPS) is 22.6. The summed E-state index contributed by atoms with van der Waals surface area (Å²) < 4.78 is 17.8. The lowest BCUT2D eigenvalue weighted by Gasteiger charge is -2.15. The van der Waals surface area contributed by atoms with Crippen LogP contribution < -0.4 is 5.30 Å². The molecule has 4 heteroatoms. The molecule has 14 heavy (non-hydrogen) atoms. The monoisotopic (exact) mass is 211 g/mol. The van der Waals surface area contributed by atoms with Crippen LogP contribution in [0.2, 0.25) is 0 Å². The van der Waals surface area contributed by atoms with Gasteiger partial charge in [0, 0.05) is 11.3 Å². The van der Waals surface area contributed by atoms with Gasteiger partial charge in [-0.3, -0.25) is 0 Å². The molecule has 2 aliphatic rings. The zero-order valence-electron chi connectivity index (χ0n) is 8.27. The Labute approximate surface area is 83.2 Å². The lowest BCUT2D eigenvalue weighted by Crippen LogP contribution is -2.13. The molecule has 0 radical (unpaired) electrons. The predicted molar refractivity (Wildman–Crippen MR) is 54.5 cm³/mol. The first-order valence-electron chi connectivity index (χ1n) is 5.24. The van der Waals surface area contributed by atoms with Crippen LogP contribution in [0, 0.1) is 6.92 Å². The van der Waals surface area contributed by atoms with Crippen molar-refractivity contribution in [3.8, 4) is 0 Å². The van der Waals surface area contributed by atoms with E-state index < -0.39 is 7.14 Å². The molecule has 0 saturated heterocycles. The van der Waals surface area contributed by atoms with Crippen molar-refractivity contribution in [3.63, 3.8) is 0 Å². The minimum absolute atomic E-state index is 0.452. The van der Waals surface area contributed by atoms with Gasteiger partial charge in [-0.05, 0) is 32.6 Å². The standard InChI is InChI=1S/C10H14NO2P/c1-7-10(6-13-11-7)14(12,8-2-3-8)9-4-5-9/h6,8-9H,2-5H2,1H3. The van der Waals surface area contributed by atoms with E-state index in [-0.39, 0.29) is 0 Å². The van der Waals surface area contributed by atoms with Gasteiger partial charge < -0.3 is 9.09 Å². The van der Waals surface area contributed by atoms with Gasteiger partial charge in [-0.25, -0.2) is 0 Å². The molecule has 0 bridgehead atoms. The first kappa shape index (κ1) is 8.72. The van der Waals surface area contributed by atoms with Crippen molar-refractivity contribution in [1.29, 1.82) is 0 Å². The summed E-state index contributed by atoms with van der Waals surface area (Å²) in [6.07, 6.45) is 6.17. The van der Waals surface area contributed by atoms with Crippen molar-refractivity contribution in [2.45, 2.75) is 43.9 Å². The Morgan fingerprint density at radius 3 is 2.29 bits per heavy atom. The van der Waals surface area contributed by atoms with Gasteiger partial charge in [-0.2, -0.15) is 0 Å². The van der Waals surface area contributed by atoms with Crippen LogP contribution in [0.3, 0.4) is 0 Å². The van der Waals surface area contributed by atoms with Gasteiger partial charge >= 0.3 is 0 Å². The zero-order valence-corrected chi connectivity index (χ0v) is 9.17. The molecule has 2 aliphatic carbocycles. The van der Waals surface area contributed by atoms with E-state index in [1.165, 1.54) is 0 Å². The molecule has 3 rings (SSSR count). The van der Waals surface area contributed by atoms with Crippen LogP contribution in [-0.2, 0) is 4.57 Å². The first-order chi connectivity index (χ1) is 6.73. The number of hydrogen-bond acceptors (Lipinski definition) is 3. The van der Waals surface area contributed by atoms with Gasteiger partial charge in [0.05, 0.1) is 11.0 Å². The fourth-order valence-electron chi connectivity index (χ4n) is 2.23. The SMILES string of the molecule is Cc1nocc1P(=O)(C1CC1)C1CC1. The van der Waals surface area contributed by atoms with E-state index in [2.05, 4.69) is 5.16 Å². The average Bonchev–Trinajstić information content (AvgIpc) is 3.00. The van der Waals surface area contributed by atoms with E-state index in [0.29, 0.717) is 11.3 Å². The maximum atomic E-state index is 12.9.